The molecular formula is C21H23N3O4. The Kier molecular flexibility index (Phi) is 5.93. The van der Waals surface area contributed by atoms with Gasteiger partial charge in [0.25, 0.3) is 5.91 Å². The molecule has 7 heteroatoms. The minimum absolute atomic E-state index is 0.176. The quantitative estimate of drug-likeness (QED) is 0.624. The Morgan fingerprint density at radius 1 is 1.21 bits per heavy atom. The van der Waals surface area contributed by atoms with Gasteiger partial charge >= 0.3 is 0 Å². The SMILES string of the molecule is COc1cccc(-c2noc(CN(C)C(=O)[C@H](C)Oc3ccccc3C)n2)c1. The molecule has 0 bridgehead atoms. The fourth-order valence-corrected chi connectivity index (χ4v) is 2.72. The minimum Gasteiger partial charge on any atom is -0.497 e. The van der Waals surface area contributed by atoms with Crippen molar-refractivity contribution in [2.24, 2.45) is 0 Å². The van der Waals surface area contributed by atoms with Crippen molar-refractivity contribution in [2.45, 2.75) is 26.5 Å². The molecule has 0 aliphatic heterocycles. The number of hydrogen-bond donors (Lipinski definition) is 0. The summed E-state index contributed by atoms with van der Waals surface area (Å²) in [4.78, 5) is 18.5. The van der Waals surface area contributed by atoms with Gasteiger partial charge in [0.05, 0.1) is 13.7 Å². The second-order valence-corrected chi connectivity index (χ2v) is 6.46. The predicted octanol–water partition coefficient (Wildman–Crippen LogP) is 3.48. The van der Waals surface area contributed by atoms with Crippen molar-refractivity contribution in [3.05, 3.63) is 60.0 Å². The van der Waals surface area contributed by atoms with Gasteiger partial charge in [0.2, 0.25) is 11.7 Å². The zero-order valence-corrected chi connectivity index (χ0v) is 16.4. The van der Waals surface area contributed by atoms with Gasteiger partial charge in [-0.05, 0) is 37.6 Å². The summed E-state index contributed by atoms with van der Waals surface area (Å²) < 4.78 is 16.3. The van der Waals surface area contributed by atoms with E-state index in [0.29, 0.717) is 23.2 Å². The van der Waals surface area contributed by atoms with Crippen LogP contribution in [0.1, 0.15) is 18.4 Å². The van der Waals surface area contributed by atoms with Gasteiger partial charge in [0, 0.05) is 12.6 Å². The van der Waals surface area contributed by atoms with Crippen LogP contribution in [0.15, 0.2) is 53.1 Å². The summed E-state index contributed by atoms with van der Waals surface area (Å²) in [6.07, 6.45) is -0.633. The van der Waals surface area contributed by atoms with Crippen LogP contribution in [0.25, 0.3) is 11.4 Å². The van der Waals surface area contributed by atoms with Crippen molar-refractivity contribution in [1.82, 2.24) is 15.0 Å². The molecule has 0 N–H and O–H groups in total. The molecule has 7 nitrogen and oxygen atoms in total. The topological polar surface area (TPSA) is 77.7 Å². The number of aromatic nitrogens is 2. The Balaban J connectivity index is 1.64. The Morgan fingerprint density at radius 3 is 2.75 bits per heavy atom. The first-order valence-corrected chi connectivity index (χ1v) is 8.92. The number of likely N-dealkylation sites (N-methyl/N-ethyl adjacent to an activating group) is 1. The van der Waals surface area contributed by atoms with Crippen molar-refractivity contribution in [2.75, 3.05) is 14.2 Å². The van der Waals surface area contributed by atoms with Crippen molar-refractivity contribution >= 4 is 5.91 Å². The first kappa shape index (κ1) is 19.4. The molecule has 0 aliphatic rings. The number of aryl methyl sites for hydroxylation is 1. The Bertz CT molecular complexity index is 954. The summed E-state index contributed by atoms with van der Waals surface area (Å²) in [5.41, 5.74) is 1.75. The van der Waals surface area contributed by atoms with Gasteiger partial charge in [-0.15, -0.1) is 0 Å². The molecular weight excluding hydrogens is 358 g/mol. The monoisotopic (exact) mass is 381 g/mol. The lowest BCUT2D eigenvalue weighted by Gasteiger charge is -2.21. The Morgan fingerprint density at radius 2 is 2.00 bits per heavy atom. The van der Waals surface area contributed by atoms with Gasteiger partial charge in [-0.3, -0.25) is 4.79 Å². The highest BCUT2D eigenvalue weighted by Crippen LogP contribution is 2.22. The van der Waals surface area contributed by atoms with Crippen molar-refractivity contribution in [3.8, 4) is 22.9 Å². The third kappa shape index (κ3) is 4.49. The van der Waals surface area contributed by atoms with E-state index < -0.39 is 6.10 Å². The molecule has 0 fully saturated rings. The maximum atomic E-state index is 12.6. The lowest BCUT2D eigenvalue weighted by Crippen LogP contribution is -2.37. The summed E-state index contributed by atoms with van der Waals surface area (Å²) in [6.45, 7) is 3.85. The van der Waals surface area contributed by atoms with E-state index in [1.165, 1.54) is 4.90 Å². The summed E-state index contributed by atoms with van der Waals surface area (Å²) in [5.74, 6) is 2.01. The normalized spacial score (nSPS) is 11.7. The number of rotatable bonds is 7. The summed E-state index contributed by atoms with van der Waals surface area (Å²) in [6, 6.07) is 15.0. The highest BCUT2D eigenvalue weighted by molar-refractivity contribution is 5.80. The van der Waals surface area contributed by atoms with Gasteiger partial charge in [-0.2, -0.15) is 4.98 Å². The van der Waals surface area contributed by atoms with E-state index in [2.05, 4.69) is 10.1 Å². The third-order valence-corrected chi connectivity index (χ3v) is 4.29. The predicted molar refractivity (Wildman–Crippen MR) is 104 cm³/mol. The molecule has 0 aliphatic carbocycles. The second kappa shape index (κ2) is 8.56. The third-order valence-electron chi connectivity index (χ3n) is 4.29. The maximum absolute atomic E-state index is 12.6. The first-order valence-electron chi connectivity index (χ1n) is 8.92. The van der Waals surface area contributed by atoms with Crippen LogP contribution in [0.4, 0.5) is 0 Å². The molecule has 1 amide bonds. The van der Waals surface area contributed by atoms with Crippen molar-refractivity contribution in [3.63, 3.8) is 0 Å². The number of hydrogen-bond acceptors (Lipinski definition) is 6. The smallest absolute Gasteiger partial charge is 0.263 e. The molecule has 0 spiro atoms. The standard InChI is InChI=1S/C21H23N3O4/c1-14-8-5-6-11-18(14)27-15(2)21(25)24(3)13-19-22-20(23-28-19)16-9-7-10-17(12-16)26-4/h5-12,15H,13H2,1-4H3/t15-/m0/s1. The number of benzene rings is 2. The van der Waals surface area contributed by atoms with Crippen LogP contribution in [-0.2, 0) is 11.3 Å². The molecule has 146 valence electrons. The summed E-state index contributed by atoms with van der Waals surface area (Å²) in [5, 5.41) is 3.99. The molecule has 1 atom stereocenters. The van der Waals surface area contributed by atoms with E-state index in [-0.39, 0.29) is 12.5 Å². The number of ether oxygens (including phenoxy) is 2. The number of para-hydroxylation sites is 1. The molecule has 0 saturated carbocycles. The van der Waals surface area contributed by atoms with Crippen molar-refractivity contribution in [1.29, 1.82) is 0 Å². The van der Waals surface area contributed by atoms with E-state index in [0.717, 1.165) is 11.1 Å². The highest BCUT2D eigenvalue weighted by atomic mass is 16.5. The van der Waals surface area contributed by atoms with E-state index in [9.17, 15) is 4.79 Å². The number of amides is 1. The van der Waals surface area contributed by atoms with Crippen LogP contribution < -0.4 is 9.47 Å². The van der Waals surface area contributed by atoms with Gasteiger partial charge in [0.15, 0.2) is 6.10 Å². The average molecular weight is 381 g/mol. The van der Waals surface area contributed by atoms with E-state index in [1.54, 1.807) is 21.1 Å². The number of carbonyl (C=O) groups is 1. The molecule has 0 radical (unpaired) electrons. The Hall–Kier alpha value is -3.35. The van der Waals surface area contributed by atoms with Gasteiger partial charge in [0.1, 0.15) is 11.5 Å². The van der Waals surface area contributed by atoms with E-state index in [1.807, 2.05) is 55.5 Å². The molecule has 1 aromatic heterocycles. The zero-order chi connectivity index (χ0) is 20.1. The van der Waals surface area contributed by atoms with Crippen LogP contribution in [0.2, 0.25) is 0 Å². The average Bonchev–Trinajstić information content (AvgIpc) is 3.17. The van der Waals surface area contributed by atoms with Crippen LogP contribution in [0.5, 0.6) is 11.5 Å². The molecule has 3 aromatic rings. The van der Waals surface area contributed by atoms with Crippen LogP contribution >= 0.6 is 0 Å². The van der Waals surface area contributed by atoms with Crippen LogP contribution in [0, 0.1) is 6.92 Å². The lowest BCUT2D eigenvalue weighted by molar-refractivity contribution is -0.137. The fraction of sp³-hybridized carbons (Fsp3) is 0.286. The van der Waals surface area contributed by atoms with E-state index >= 15 is 0 Å². The lowest BCUT2D eigenvalue weighted by atomic mass is 10.2. The summed E-state index contributed by atoms with van der Waals surface area (Å²) >= 11 is 0. The molecule has 0 unspecified atom stereocenters. The first-order chi connectivity index (χ1) is 13.5. The van der Waals surface area contributed by atoms with Crippen LogP contribution in [0.3, 0.4) is 0 Å². The molecule has 2 aromatic carbocycles. The number of nitrogens with zero attached hydrogens (tertiary/aromatic N) is 3. The number of methoxy groups -OCH3 is 1. The fourth-order valence-electron chi connectivity index (χ4n) is 2.72. The van der Waals surface area contributed by atoms with Crippen LogP contribution in [-0.4, -0.2) is 41.2 Å². The largest absolute Gasteiger partial charge is 0.497 e. The molecule has 1 heterocycles. The highest BCUT2D eigenvalue weighted by Gasteiger charge is 2.22. The maximum Gasteiger partial charge on any atom is 0.263 e. The van der Waals surface area contributed by atoms with Crippen molar-refractivity contribution < 1.29 is 18.8 Å². The molecule has 3 rings (SSSR count). The van der Waals surface area contributed by atoms with Gasteiger partial charge in [-0.25, -0.2) is 0 Å². The molecule has 0 saturated heterocycles. The number of carbonyl (C=O) groups excluding carboxylic acids is 1. The zero-order valence-electron chi connectivity index (χ0n) is 16.4. The Labute approximate surface area is 163 Å². The van der Waals surface area contributed by atoms with E-state index in [4.69, 9.17) is 14.0 Å². The van der Waals surface area contributed by atoms with Gasteiger partial charge in [-0.1, -0.05) is 35.5 Å². The second-order valence-electron chi connectivity index (χ2n) is 6.46. The summed E-state index contributed by atoms with van der Waals surface area (Å²) in [7, 11) is 3.27. The minimum atomic E-state index is -0.633. The van der Waals surface area contributed by atoms with Gasteiger partial charge < -0.3 is 18.9 Å². The molecule has 28 heavy (non-hydrogen) atoms.